The highest BCUT2D eigenvalue weighted by molar-refractivity contribution is 7.16. The van der Waals surface area contributed by atoms with Crippen LogP contribution >= 0.6 is 11.3 Å². The molecule has 172 valence electrons. The number of pyridine rings is 1. The molecule has 2 N–H and O–H groups in total. The first-order valence-corrected chi connectivity index (χ1v) is 12.3. The van der Waals surface area contributed by atoms with Gasteiger partial charge in [0.15, 0.2) is 0 Å². The second-order valence-corrected chi connectivity index (χ2v) is 9.78. The molecule has 1 aromatic carbocycles. The Hall–Kier alpha value is -3.70. The van der Waals surface area contributed by atoms with E-state index in [-0.39, 0.29) is 23.8 Å². The molecule has 1 fully saturated rings. The lowest BCUT2D eigenvalue weighted by Crippen LogP contribution is -2.43. The fourth-order valence-electron chi connectivity index (χ4n) is 4.52. The summed E-state index contributed by atoms with van der Waals surface area (Å²) >= 11 is 1.42. The average Bonchev–Trinajstić information content (AvgIpc) is 3.60. The van der Waals surface area contributed by atoms with Crippen LogP contribution in [0.4, 0.5) is 9.80 Å². The van der Waals surface area contributed by atoms with Crippen LogP contribution in [0.25, 0.3) is 0 Å². The van der Waals surface area contributed by atoms with Gasteiger partial charge in [0.05, 0.1) is 12.1 Å². The lowest BCUT2D eigenvalue weighted by Gasteiger charge is -2.27. The summed E-state index contributed by atoms with van der Waals surface area (Å²) in [4.78, 5) is 32.3. The van der Waals surface area contributed by atoms with E-state index in [4.69, 9.17) is 0 Å². The molecule has 1 aliphatic carbocycles. The third kappa shape index (κ3) is 4.66. The molecule has 0 saturated heterocycles. The summed E-state index contributed by atoms with van der Waals surface area (Å²) < 4.78 is 0. The molecule has 1 aliphatic heterocycles. The predicted octanol–water partition coefficient (Wildman–Crippen LogP) is 4.07. The van der Waals surface area contributed by atoms with Gasteiger partial charge in [-0.1, -0.05) is 30.3 Å². The second kappa shape index (κ2) is 9.65. The van der Waals surface area contributed by atoms with E-state index in [1.807, 2.05) is 30.3 Å². The fourth-order valence-corrected chi connectivity index (χ4v) is 5.73. The Morgan fingerprint density at radius 3 is 2.74 bits per heavy atom. The second-order valence-electron chi connectivity index (χ2n) is 8.68. The number of benzene rings is 1. The Labute approximate surface area is 202 Å². The van der Waals surface area contributed by atoms with Gasteiger partial charge in [0.25, 0.3) is 0 Å². The molecule has 7 nitrogen and oxygen atoms in total. The Balaban J connectivity index is 1.19. The Kier molecular flexibility index (Phi) is 6.28. The van der Waals surface area contributed by atoms with Crippen LogP contribution in [0.2, 0.25) is 0 Å². The Morgan fingerprint density at radius 2 is 1.97 bits per heavy atom. The van der Waals surface area contributed by atoms with Crippen molar-refractivity contribution in [1.82, 2.24) is 15.2 Å². The van der Waals surface area contributed by atoms with E-state index in [0.717, 1.165) is 28.8 Å². The first-order chi connectivity index (χ1) is 16.6. The summed E-state index contributed by atoms with van der Waals surface area (Å²) in [5.41, 5.74) is 3.81. The van der Waals surface area contributed by atoms with Crippen LogP contribution in [0.5, 0.6) is 0 Å². The van der Waals surface area contributed by atoms with Crippen molar-refractivity contribution in [3.05, 3.63) is 82.0 Å². The number of carbonyl (C=O) groups is 2. The van der Waals surface area contributed by atoms with Crippen LogP contribution in [-0.4, -0.2) is 34.9 Å². The van der Waals surface area contributed by atoms with Crippen molar-refractivity contribution in [3.8, 4) is 6.07 Å². The number of nitriles is 1. The number of nitrogens with zero attached hydrogens (tertiary/aromatic N) is 3. The molecule has 0 radical (unpaired) electrons. The van der Waals surface area contributed by atoms with Crippen molar-refractivity contribution in [1.29, 1.82) is 5.26 Å². The molecule has 34 heavy (non-hydrogen) atoms. The molecule has 0 bridgehead atoms. The lowest BCUT2D eigenvalue weighted by molar-refractivity contribution is -0.117. The summed E-state index contributed by atoms with van der Waals surface area (Å²) in [6.07, 6.45) is 5.67. The van der Waals surface area contributed by atoms with Crippen LogP contribution in [-0.2, 0) is 24.2 Å². The van der Waals surface area contributed by atoms with E-state index in [1.54, 1.807) is 17.3 Å². The van der Waals surface area contributed by atoms with Crippen molar-refractivity contribution in [2.75, 3.05) is 18.4 Å². The standard InChI is InChI=1S/C26H25N5O2S/c27-15-22-19-9-13-31(26(33)29-12-8-17-6-10-28-11-7-17)16-23(19)34-25(22)30-24(32)21-14-20(21)18-4-2-1-3-5-18/h1-7,10-11,20-21H,8-9,12-14,16H2,(H,29,33)(H,30,32). The summed E-state index contributed by atoms with van der Waals surface area (Å²) in [5.74, 6) is 0.151. The predicted molar refractivity (Wildman–Crippen MR) is 130 cm³/mol. The number of hydrogen-bond acceptors (Lipinski definition) is 5. The van der Waals surface area contributed by atoms with Crippen LogP contribution < -0.4 is 10.6 Å². The number of nitrogens with one attached hydrogen (secondary N) is 2. The first kappa shape index (κ1) is 22.1. The van der Waals surface area contributed by atoms with E-state index >= 15 is 0 Å². The van der Waals surface area contributed by atoms with E-state index in [2.05, 4.69) is 33.8 Å². The minimum absolute atomic E-state index is 0.0327. The van der Waals surface area contributed by atoms with Crippen molar-refractivity contribution >= 4 is 28.3 Å². The van der Waals surface area contributed by atoms with Gasteiger partial charge in [-0.15, -0.1) is 11.3 Å². The fraction of sp³-hybridized carbons (Fsp3) is 0.308. The maximum Gasteiger partial charge on any atom is 0.317 e. The number of anilines is 1. The van der Waals surface area contributed by atoms with Gasteiger partial charge < -0.3 is 15.5 Å². The maximum atomic E-state index is 12.9. The molecule has 3 aromatic rings. The zero-order valence-corrected chi connectivity index (χ0v) is 19.5. The summed E-state index contributed by atoms with van der Waals surface area (Å²) in [6.45, 7) is 1.54. The van der Waals surface area contributed by atoms with Crippen molar-refractivity contribution in [3.63, 3.8) is 0 Å². The monoisotopic (exact) mass is 471 g/mol. The molecule has 3 amide bonds. The van der Waals surface area contributed by atoms with Crippen LogP contribution in [0.15, 0.2) is 54.9 Å². The van der Waals surface area contributed by atoms with Crippen molar-refractivity contribution in [2.45, 2.75) is 31.7 Å². The Morgan fingerprint density at radius 1 is 1.18 bits per heavy atom. The number of fused-ring (bicyclic) bond motifs is 1. The minimum Gasteiger partial charge on any atom is -0.338 e. The quantitative estimate of drug-likeness (QED) is 0.566. The topological polar surface area (TPSA) is 98.1 Å². The molecule has 1 saturated carbocycles. The largest absolute Gasteiger partial charge is 0.338 e. The third-order valence-corrected chi connectivity index (χ3v) is 7.62. The van der Waals surface area contributed by atoms with Crippen LogP contribution in [0.3, 0.4) is 0 Å². The zero-order valence-electron chi connectivity index (χ0n) is 18.7. The molecule has 8 heteroatoms. The molecule has 5 rings (SSSR count). The van der Waals surface area contributed by atoms with E-state index in [0.29, 0.717) is 36.6 Å². The summed E-state index contributed by atoms with van der Waals surface area (Å²) in [5, 5.41) is 16.4. The normalized spacial score (nSPS) is 18.5. The Bertz CT molecular complexity index is 1240. The van der Waals surface area contributed by atoms with E-state index in [1.165, 1.54) is 16.9 Å². The zero-order chi connectivity index (χ0) is 23.5. The lowest BCUT2D eigenvalue weighted by atomic mass is 10.0. The molecule has 2 aliphatic rings. The van der Waals surface area contributed by atoms with Gasteiger partial charge in [0, 0.05) is 36.3 Å². The molecule has 2 unspecified atom stereocenters. The SMILES string of the molecule is N#Cc1c(NC(=O)C2CC2c2ccccc2)sc2c1CCN(C(=O)NCCc1ccncc1)C2. The van der Waals surface area contributed by atoms with Gasteiger partial charge >= 0.3 is 6.03 Å². The smallest absolute Gasteiger partial charge is 0.317 e. The third-order valence-electron chi connectivity index (χ3n) is 6.49. The molecule has 0 spiro atoms. The van der Waals surface area contributed by atoms with Gasteiger partial charge in [-0.25, -0.2) is 4.79 Å². The molecule has 3 heterocycles. The van der Waals surface area contributed by atoms with E-state index < -0.39 is 0 Å². The highest BCUT2D eigenvalue weighted by Crippen LogP contribution is 2.48. The molecular weight excluding hydrogens is 446 g/mol. The number of hydrogen-bond donors (Lipinski definition) is 2. The first-order valence-electron chi connectivity index (χ1n) is 11.5. The van der Waals surface area contributed by atoms with Gasteiger partial charge in [0.1, 0.15) is 11.1 Å². The van der Waals surface area contributed by atoms with Gasteiger partial charge in [0.2, 0.25) is 5.91 Å². The molecule has 2 aromatic heterocycles. The average molecular weight is 472 g/mol. The summed E-state index contributed by atoms with van der Waals surface area (Å²) in [7, 11) is 0. The van der Waals surface area contributed by atoms with Gasteiger partial charge in [-0.05, 0) is 54.0 Å². The van der Waals surface area contributed by atoms with Crippen LogP contribution in [0.1, 0.15) is 39.5 Å². The van der Waals surface area contributed by atoms with Crippen molar-refractivity contribution < 1.29 is 9.59 Å². The maximum absolute atomic E-state index is 12.9. The number of urea groups is 1. The van der Waals surface area contributed by atoms with Crippen LogP contribution in [0, 0.1) is 17.2 Å². The van der Waals surface area contributed by atoms with Gasteiger partial charge in [-0.2, -0.15) is 5.26 Å². The highest BCUT2D eigenvalue weighted by atomic mass is 32.1. The number of carbonyl (C=O) groups excluding carboxylic acids is 2. The van der Waals surface area contributed by atoms with Gasteiger partial charge in [-0.3, -0.25) is 9.78 Å². The summed E-state index contributed by atoms with van der Waals surface area (Å²) in [6, 6.07) is 16.1. The number of thiophene rings is 1. The molecule has 2 atom stereocenters. The number of amides is 3. The number of aromatic nitrogens is 1. The van der Waals surface area contributed by atoms with E-state index in [9.17, 15) is 14.9 Å². The minimum atomic E-state index is -0.110. The molecular formula is C26H25N5O2S. The van der Waals surface area contributed by atoms with Crippen molar-refractivity contribution in [2.24, 2.45) is 5.92 Å². The number of rotatable bonds is 6. The highest BCUT2D eigenvalue weighted by Gasteiger charge is 2.44.